The number of hydrogen-bond donors (Lipinski definition) is 1. The SMILES string of the molecule is Nc1nc(-c2ccccc2-c2ccccc2)nc(-c2ccccc2-c2ccccc2)n1. The van der Waals surface area contributed by atoms with Gasteiger partial charge in [-0.25, -0.2) is 4.98 Å². The number of nitrogens with zero attached hydrogens (tertiary/aromatic N) is 3. The van der Waals surface area contributed by atoms with E-state index in [9.17, 15) is 0 Å². The van der Waals surface area contributed by atoms with Crippen LogP contribution in [0.15, 0.2) is 109 Å². The van der Waals surface area contributed by atoms with Crippen LogP contribution in [0.1, 0.15) is 0 Å². The molecule has 4 heteroatoms. The molecule has 148 valence electrons. The smallest absolute Gasteiger partial charge is 0.224 e. The lowest BCUT2D eigenvalue weighted by atomic mass is 9.98. The number of aromatic nitrogens is 3. The zero-order chi connectivity index (χ0) is 21.0. The van der Waals surface area contributed by atoms with Gasteiger partial charge < -0.3 is 5.73 Å². The molecular weight excluding hydrogens is 380 g/mol. The van der Waals surface area contributed by atoms with Gasteiger partial charge in [0.1, 0.15) is 0 Å². The average molecular weight is 400 g/mol. The van der Waals surface area contributed by atoms with Gasteiger partial charge in [0.2, 0.25) is 5.95 Å². The van der Waals surface area contributed by atoms with Crippen LogP contribution in [0.2, 0.25) is 0 Å². The van der Waals surface area contributed by atoms with Gasteiger partial charge in [0.05, 0.1) is 0 Å². The van der Waals surface area contributed by atoms with E-state index in [2.05, 4.69) is 46.4 Å². The van der Waals surface area contributed by atoms with Gasteiger partial charge in [0.25, 0.3) is 0 Å². The molecule has 31 heavy (non-hydrogen) atoms. The van der Waals surface area contributed by atoms with Gasteiger partial charge in [0.15, 0.2) is 11.6 Å². The fourth-order valence-electron chi connectivity index (χ4n) is 3.73. The molecule has 4 nitrogen and oxygen atoms in total. The normalized spacial score (nSPS) is 10.7. The topological polar surface area (TPSA) is 64.7 Å². The highest BCUT2D eigenvalue weighted by Gasteiger charge is 2.15. The first-order valence-corrected chi connectivity index (χ1v) is 10.1. The minimum atomic E-state index is 0.200. The summed E-state index contributed by atoms with van der Waals surface area (Å²) in [6.07, 6.45) is 0. The summed E-state index contributed by atoms with van der Waals surface area (Å²) in [7, 11) is 0. The summed E-state index contributed by atoms with van der Waals surface area (Å²) >= 11 is 0. The van der Waals surface area contributed by atoms with Crippen molar-refractivity contribution in [1.29, 1.82) is 0 Å². The Kier molecular flexibility index (Phi) is 4.95. The summed E-state index contributed by atoms with van der Waals surface area (Å²) in [4.78, 5) is 13.8. The minimum Gasteiger partial charge on any atom is -0.368 e. The Labute approximate surface area is 181 Å². The molecule has 0 radical (unpaired) electrons. The van der Waals surface area contributed by atoms with Crippen molar-refractivity contribution in [3.8, 4) is 45.0 Å². The van der Waals surface area contributed by atoms with Crippen molar-refractivity contribution in [2.75, 3.05) is 5.73 Å². The molecule has 0 aliphatic carbocycles. The molecule has 0 spiro atoms. The number of nitrogen functional groups attached to an aromatic ring is 1. The maximum Gasteiger partial charge on any atom is 0.224 e. The van der Waals surface area contributed by atoms with Crippen LogP contribution in [0.4, 0.5) is 5.95 Å². The molecule has 0 fully saturated rings. The Morgan fingerprint density at radius 2 is 0.742 bits per heavy atom. The Balaban J connectivity index is 1.68. The molecule has 0 bridgehead atoms. The van der Waals surface area contributed by atoms with E-state index < -0.39 is 0 Å². The van der Waals surface area contributed by atoms with Gasteiger partial charge in [0, 0.05) is 11.1 Å². The molecule has 0 saturated heterocycles. The summed E-state index contributed by atoms with van der Waals surface area (Å²) in [5, 5.41) is 0. The summed E-state index contributed by atoms with van der Waals surface area (Å²) in [5.74, 6) is 1.32. The standard InChI is InChI=1S/C27H20N4/c28-27-30-25(23-17-9-7-15-21(23)19-11-3-1-4-12-19)29-26(31-27)24-18-10-8-16-22(24)20-13-5-2-6-14-20/h1-18H,(H2,28,29,30,31). The van der Waals surface area contributed by atoms with Crippen molar-refractivity contribution < 1.29 is 0 Å². The Bertz CT molecular complexity index is 1230. The molecule has 0 unspecified atom stereocenters. The number of nitrogens with two attached hydrogens (primary N) is 1. The first-order valence-electron chi connectivity index (χ1n) is 10.1. The minimum absolute atomic E-state index is 0.200. The van der Waals surface area contributed by atoms with Crippen LogP contribution < -0.4 is 5.73 Å². The second-order valence-electron chi connectivity index (χ2n) is 7.16. The Morgan fingerprint density at radius 1 is 0.387 bits per heavy atom. The van der Waals surface area contributed by atoms with Crippen molar-refractivity contribution in [2.24, 2.45) is 0 Å². The zero-order valence-electron chi connectivity index (χ0n) is 16.8. The highest BCUT2D eigenvalue weighted by molar-refractivity contribution is 5.83. The van der Waals surface area contributed by atoms with Crippen LogP contribution in [-0.2, 0) is 0 Å². The van der Waals surface area contributed by atoms with E-state index in [4.69, 9.17) is 10.7 Å². The summed E-state index contributed by atoms with van der Waals surface area (Å²) in [6, 6.07) is 36.6. The van der Waals surface area contributed by atoms with Gasteiger partial charge in [-0.2, -0.15) is 9.97 Å². The van der Waals surface area contributed by atoms with Crippen molar-refractivity contribution in [1.82, 2.24) is 15.0 Å². The third-order valence-corrected chi connectivity index (χ3v) is 5.16. The average Bonchev–Trinajstić information content (AvgIpc) is 2.85. The first kappa shape index (κ1) is 18.7. The van der Waals surface area contributed by atoms with Crippen molar-refractivity contribution in [3.63, 3.8) is 0 Å². The largest absolute Gasteiger partial charge is 0.368 e. The van der Waals surface area contributed by atoms with E-state index in [1.54, 1.807) is 0 Å². The highest BCUT2D eigenvalue weighted by Crippen LogP contribution is 2.33. The fourth-order valence-corrected chi connectivity index (χ4v) is 3.73. The molecule has 4 aromatic carbocycles. The number of benzene rings is 4. The predicted molar refractivity (Wildman–Crippen MR) is 126 cm³/mol. The van der Waals surface area contributed by atoms with Crippen LogP contribution in [0.5, 0.6) is 0 Å². The van der Waals surface area contributed by atoms with Crippen LogP contribution in [0, 0.1) is 0 Å². The molecule has 0 aliphatic heterocycles. The van der Waals surface area contributed by atoms with E-state index in [0.29, 0.717) is 11.6 Å². The van der Waals surface area contributed by atoms with Crippen LogP contribution in [0.25, 0.3) is 45.0 Å². The second-order valence-corrected chi connectivity index (χ2v) is 7.16. The molecule has 0 saturated carbocycles. The van der Waals surface area contributed by atoms with Crippen LogP contribution >= 0.6 is 0 Å². The lowest BCUT2D eigenvalue weighted by Crippen LogP contribution is -2.03. The Hall–Kier alpha value is -4.31. The van der Waals surface area contributed by atoms with Crippen molar-refractivity contribution in [3.05, 3.63) is 109 Å². The number of hydrogen-bond acceptors (Lipinski definition) is 4. The van der Waals surface area contributed by atoms with E-state index in [1.807, 2.05) is 72.8 Å². The monoisotopic (exact) mass is 400 g/mol. The molecule has 1 aromatic heterocycles. The van der Waals surface area contributed by atoms with E-state index in [-0.39, 0.29) is 5.95 Å². The molecular formula is C27H20N4. The molecule has 0 amide bonds. The lowest BCUT2D eigenvalue weighted by Gasteiger charge is -2.12. The fraction of sp³-hybridized carbons (Fsp3) is 0. The highest BCUT2D eigenvalue weighted by atomic mass is 15.1. The van der Waals surface area contributed by atoms with Gasteiger partial charge in [-0.1, -0.05) is 109 Å². The molecule has 2 N–H and O–H groups in total. The Morgan fingerprint density at radius 3 is 1.16 bits per heavy atom. The molecule has 5 rings (SSSR count). The van der Waals surface area contributed by atoms with E-state index in [0.717, 1.165) is 33.4 Å². The van der Waals surface area contributed by atoms with Crippen molar-refractivity contribution in [2.45, 2.75) is 0 Å². The van der Waals surface area contributed by atoms with Gasteiger partial charge >= 0.3 is 0 Å². The maximum atomic E-state index is 6.15. The molecule has 1 heterocycles. The number of anilines is 1. The zero-order valence-corrected chi connectivity index (χ0v) is 16.8. The number of rotatable bonds is 4. The lowest BCUT2D eigenvalue weighted by molar-refractivity contribution is 1.08. The summed E-state index contributed by atoms with van der Waals surface area (Å²) in [6.45, 7) is 0. The summed E-state index contributed by atoms with van der Waals surface area (Å²) < 4.78 is 0. The quantitative estimate of drug-likeness (QED) is 0.395. The third-order valence-electron chi connectivity index (χ3n) is 5.16. The first-order chi connectivity index (χ1) is 15.3. The van der Waals surface area contributed by atoms with E-state index >= 15 is 0 Å². The van der Waals surface area contributed by atoms with Gasteiger partial charge in [-0.15, -0.1) is 0 Å². The van der Waals surface area contributed by atoms with E-state index in [1.165, 1.54) is 0 Å². The summed E-state index contributed by atoms with van der Waals surface area (Å²) in [5.41, 5.74) is 12.3. The molecule has 0 aliphatic rings. The second kappa shape index (κ2) is 8.20. The molecule has 0 atom stereocenters. The molecule has 5 aromatic rings. The third kappa shape index (κ3) is 3.79. The predicted octanol–water partition coefficient (Wildman–Crippen LogP) is 6.12. The van der Waals surface area contributed by atoms with Crippen LogP contribution in [-0.4, -0.2) is 15.0 Å². The van der Waals surface area contributed by atoms with Gasteiger partial charge in [-0.05, 0) is 22.3 Å². The van der Waals surface area contributed by atoms with Crippen molar-refractivity contribution >= 4 is 5.95 Å². The van der Waals surface area contributed by atoms with Crippen LogP contribution in [0.3, 0.4) is 0 Å². The van der Waals surface area contributed by atoms with Gasteiger partial charge in [-0.3, -0.25) is 0 Å². The maximum absolute atomic E-state index is 6.15.